The molecule has 0 spiro atoms. The summed E-state index contributed by atoms with van der Waals surface area (Å²) < 4.78 is 44.7. The summed E-state index contributed by atoms with van der Waals surface area (Å²) in [7, 11) is 0. The van der Waals surface area contributed by atoms with E-state index in [4.69, 9.17) is 4.42 Å². The first-order valence-electron chi connectivity index (χ1n) is 10.6. The highest BCUT2D eigenvalue weighted by molar-refractivity contribution is 5.93. The first kappa shape index (κ1) is 23.0. The van der Waals surface area contributed by atoms with E-state index < -0.39 is 23.3 Å². The maximum Gasteiger partial charge on any atom is 0.418 e. The Morgan fingerprint density at radius 1 is 1.03 bits per heavy atom. The molecule has 33 heavy (non-hydrogen) atoms. The second-order valence-corrected chi connectivity index (χ2v) is 8.23. The molecule has 174 valence electrons. The van der Waals surface area contributed by atoms with E-state index in [0.29, 0.717) is 38.3 Å². The number of halogens is 3. The number of anilines is 1. The Labute approximate surface area is 188 Å². The largest absolute Gasteiger partial charge is 0.423 e. The van der Waals surface area contributed by atoms with Gasteiger partial charge in [0.15, 0.2) is 0 Å². The van der Waals surface area contributed by atoms with Crippen molar-refractivity contribution < 1.29 is 22.4 Å². The quantitative estimate of drug-likeness (QED) is 0.587. The molecule has 0 unspecified atom stereocenters. The highest BCUT2D eigenvalue weighted by Crippen LogP contribution is 2.34. The molecule has 0 radical (unpaired) electrons. The smallest absolute Gasteiger partial charge is 0.418 e. The average molecular weight is 459 g/mol. The zero-order valence-electron chi connectivity index (χ0n) is 18.1. The third-order valence-electron chi connectivity index (χ3n) is 5.72. The summed E-state index contributed by atoms with van der Waals surface area (Å²) in [6.07, 6.45) is -4.53. The fraction of sp³-hybridized carbons (Fsp3) is 0.333. The van der Waals surface area contributed by atoms with Crippen LogP contribution in [0.3, 0.4) is 0 Å². The lowest BCUT2D eigenvalue weighted by molar-refractivity contribution is -0.137. The molecule has 0 bridgehead atoms. The Morgan fingerprint density at radius 3 is 2.45 bits per heavy atom. The molecule has 1 fully saturated rings. The molecule has 1 aliphatic rings. The van der Waals surface area contributed by atoms with Crippen molar-refractivity contribution in [3.05, 3.63) is 75.6 Å². The molecule has 3 aromatic rings. The number of alkyl halides is 3. The maximum atomic E-state index is 13.1. The van der Waals surface area contributed by atoms with E-state index in [1.807, 2.05) is 30.0 Å². The minimum atomic E-state index is -4.53. The zero-order chi connectivity index (χ0) is 23.6. The van der Waals surface area contributed by atoms with Gasteiger partial charge in [-0.1, -0.05) is 24.3 Å². The van der Waals surface area contributed by atoms with E-state index in [9.17, 15) is 22.8 Å². The van der Waals surface area contributed by atoms with Gasteiger partial charge in [0.1, 0.15) is 5.58 Å². The molecule has 1 aromatic heterocycles. The topological polar surface area (TPSA) is 65.8 Å². The van der Waals surface area contributed by atoms with E-state index in [2.05, 4.69) is 10.2 Å². The van der Waals surface area contributed by atoms with Crippen LogP contribution in [0.4, 0.5) is 18.9 Å². The van der Waals surface area contributed by atoms with Gasteiger partial charge in [-0.15, -0.1) is 0 Å². The molecule has 0 aliphatic carbocycles. The molecule has 9 heteroatoms. The number of carbonyl (C=O) groups is 1. The summed E-state index contributed by atoms with van der Waals surface area (Å²) in [4.78, 5) is 28.4. The van der Waals surface area contributed by atoms with Gasteiger partial charge in [0.2, 0.25) is 5.91 Å². The first-order chi connectivity index (χ1) is 15.7. The predicted molar refractivity (Wildman–Crippen MR) is 119 cm³/mol. The minimum Gasteiger partial charge on any atom is -0.423 e. The minimum absolute atomic E-state index is 0.0111. The van der Waals surface area contributed by atoms with Gasteiger partial charge in [-0.05, 0) is 36.2 Å². The summed E-state index contributed by atoms with van der Waals surface area (Å²) in [6, 6.07) is 12.2. The zero-order valence-corrected chi connectivity index (χ0v) is 18.1. The molecule has 1 N–H and O–H groups in total. The van der Waals surface area contributed by atoms with Gasteiger partial charge in [-0.2, -0.15) is 13.2 Å². The number of benzene rings is 2. The second kappa shape index (κ2) is 9.36. The molecular formula is C24H24F3N3O3. The van der Waals surface area contributed by atoms with Crippen LogP contribution in [-0.2, 0) is 17.5 Å². The number of amides is 1. The molecule has 1 amide bonds. The summed E-state index contributed by atoms with van der Waals surface area (Å²) in [5.41, 5.74) is 0.963. The van der Waals surface area contributed by atoms with Crippen LogP contribution in [0.1, 0.15) is 16.7 Å². The molecule has 2 aromatic carbocycles. The van der Waals surface area contributed by atoms with Crippen molar-refractivity contribution >= 4 is 22.6 Å². The van der Waals surface area contributed by atoms with Gasteiger partial charge in [-0.3, -0.25) is 14.6 Å². The molecule has 2 heterocycles. The summed E-state index contributed by atoms with van der Waals surface area (Å²) in [5, 5.41) is 3.28. The van der Waals surface area contributed by atoms with Gasteiger partial charge in [0.05, 0.1) is 17.8 Å². The fourth-order valence-electron chi connectivity index (χ4n) is 4.05. The van der Waals surface area contributed by atoms with Crippen LogP contribution in [-0.4, -0.2) is 48.4 Å². The molecule has 4 rings (SSSR count). The van der Waals surface area contributed by atoms with Crippen molar-refractivity contribution in [3.8, 4) is 0 Å². The SMILES string of the molecule is Cc1ccc2c(CN3CCN(CC(=O)Nc4ccccc4C(F)(F)F)CC3)cc(=O)oc2c1. The number of piperazine rings is 1. The van der Waals surface area contributed by atoms with Gasteiger partial charge >= 0.3 is 11.8 Å². The summed E-state index contributed by atoms with van der Waals surface area (Å²) in [5.74, 6) is -0.484. The first-order valence-corrected chi connectivity index (χ1v) is 10.6. The van der Waals surface area contributed by atoms with Crippen LogP contribution >= 0.6 is 0 Å². The van der Waals surface area contributed by atoms with Crippen molar-refractivity contribution in [2.24, 2.45) is 0 Å². The number of rotatable bonds is 5. The fourth-order valence-corrected chi connectivity index (χ4v) is 4.05. The Hall–Kier alpha value is -3.17. The van der Waals surface area contributed by atoms with Crippen molar-refractivity contribution in [2.45, 2.75) is 19.6 Å². The maximum absolute atomic E-state index is 13.1. The van der Waals surface area contributed by atoms with Gasteiger partial charge < -0.3 is 9.73 Å². The van der Waals surface area contributed by atoms with Crippen molar-refractivity contribution in [1.29, 1.82) is 0 Å². The molecule has 1 saturated heterocycles. The van der Waals surface area contributed by atoms with E-state index in [1.165, 1.54) is 24.3 Å². The van der Waals surface area contributed by atoms with Gasteiger partial charge in [-0.25, -0.2) is 4.79 Å². The van der Waals surface area contributed by atoms with Crippen molar-refractivity contribution in [2.75, 3.05) is 38.0 Å². The Balaban J connectivity index is 1.34. The Kier molecular flexibility index (Phi) is 6.53. The third kappa shape index (κ3) is 5.61. The number of nitrogens with zero attached hydrogens (tertiary/aromatic N) is 2. The molecule has 1 aliphatic heterocycles. The lowest BCUT2D eigenvalue weighted by Gasteiger charge is -2.34. The normalized spacial score (nSPS) is 15.6. The molecule has 6 nitrogen and oxygen atoms in total. The molecule has 0 atom stereocenters. The highest BCUT2D eigenvalue weighted by Gasteiger charge is 2.33. The Bertz CT molecular complexity index is 1210. The van der Waals surface area contributed by atoms with Crippen molar-refractivity contribution in [1.82, 2.24) is 9.80 Å². The van der Waals surface area contributed by atoms with E-state index in [0.717, 1.165) is 22.6 Å². The van der Waals surface area contributed by atoms with Gasteiger partial charge in [0.25, 0.3) is 0 Å². The highest BCUT2D eigenvalue weighted by atomic mass is 19.4. The standard InChI is InChI=1S/C24H24F3N3O3/c1-16-6-7-18-17(13-23(32)33-21(18)12-16)14-29-8-10-30(11-9-29)15-22(31)28-20-5-3-2-4-19(20)24(25,26)27/h2-7,12-13H,8-11,14-15H2,1H3,(H,28,31). The van der Waals surface area contributed by atoms with Crippen LogP contribution in [0.2, 0.25) is 0 Å². The number of fused-ring (bicyclic) bond motifs is 1. The number of para-hydroxylation sites is 1. The third-order valence-corrected chi connectivity index (χ3v) is 5.72. The number of aryl methyl sites for hydroxylation is 1. The monoisotopic (exact) mass is 459 g/mol. The van der Waals surface area contributed by atoms with Crippen LogP contribution in [0.5, 0.6) is 0 Å². The second-order valence-electron chi connectivity index (χ2n) is 8.23. The van der Waals surface area contributed by atoms with E-state index in [1.54, 1.807) is 0 Å². The molecule has 0 saturated carbocycles. The number of hydrogen-bond acceptors (Lipinski definition) is 5. The lowest BCUT2D eigenvalue weighted by atomic mass is 10.1. The van der Waals surface area contributed by atoms with E-state index in [-0.39, 0.29) is 12.2 Å². The number of hydrogen-bond donors (Lipinski definition) is 1. The summed E-state index contributed by atoms with van der Waals surface area (Å²) >= 11 is 0. The number of nitrogens with one attached hydrogen (secondary N) is 1. The number of carbonyl (C=O) groups excluding carboxylic acids is 1. The van der Waals surface area contributed by atoms with Crippen LogP contribution in [0.25, 0.3) is 11.0 Å². The van der Waals surface area contributed by atoms with E-state index >= 15 is 0 Å². The van der Waals surface area contributed by atoms with Crippen molar-refractivity contribution in [3.63, 3.8) is 0 Å². The Morgan fingerprint density at radius 2 is 1.73 bits per heavy atom. The van der Waals surface area contributed by atoms with Crippen LogP contribution in [0, 0.1) is 6.92 Å². The summed E-state index contributed by atoms with van der Waals surface area (Å²) in [6.45, 7) is 5.03. The van der Waals surface area contributed by atoms with Gasteiger partial charge in [0, 0.05) is 44.2 Å². The average Bonchev–Trinajstić information content (AvgIpc) is 2.74. The lowest BCUT2D eigenvalue weighted by Crippen LogP contribution is -2.48. The van der Waals surface area contributed by atoms with Crippen LogP contribution < -0.4 is 10.9 Å². The predicted octanol–water partition coefficient (Wildman–Crippen LogP) is 3.88. The van der Waals surface area contributed by atoms with Crippen LogP contribution in [0.15, 0.2) is 57.7 Å². The molecular weight excluding hydrogens is 435 g/mol.